The van der Waals surface area contributed by atoms with Gasteiger partial charge in [-0.25, -0.2) is 4.98 Å². The number of aromatic nitrogens is 1. The van der Waals surface area contributed by atoms with E-state index in [9.17, 15) is 0 Å². The van der Waals surface area contributed by atoms with Gasteiger partial charge < -0.3 is 19.9 Å². The van der Waals surface area contributed by atoms with E-state index in [0.717, 1.165) is 18.4 Å². The molecule has 1 aromatic heterocycles. The van der Waals surface area contributed by atoms with Gasteiger partial charge >= 0.3 is 0 Å². The Hall–Kier alpha value is -1.33. The first kappa shape index (κ1) is 17.7. The third-order valence-corrected chi connectivity index (χ3v) is 3.39. The lowest BCUT2D eigenvalue weighted by Gasteiger charge is -2.27. The fourth-order valence-electron chi connectivity index (χ4n) is 1.79. The van der Waals surface area contributed by atoms with Gasteiger partial charge in [-0.3, -0.25) is 0 Å². The second-order valence-corrected chi connectivity index (χ2v) is 6.22. The maximum atomic E-state index is 6.23. The van der Waals surface area contributed by atoms with Crippen LogP contribution in [0, 0.1) is 5.41 Å². The Bertz CT molecular complexity index is 430. The van der Waals surface area contributed by atoms with Gasteiger partial charge in [-0.05, 0) is 23.5 Å². The molecule has 1 atom stereocenters. The molecule has 1 heterocycles. The second kappa shape index (κ2) is 8.20. The molecule has 120 valence electrons. The van der Waals surface area contributed by atoms with Crippen molar-refractivity contribution >= 4 is 0 Å². The van der Waals surface area contributed by atoms with Crippen molar-refractivity contribution in [3.8, 4) is 11.6 Å². The quantitative estimate of drug-likeness (QED) is 0.746. The maximum Gasteiger partial charge on any atom is 0.256 e. The van der Waals surface area contributed by atoms with Gasteiger partial charge in [0.2, 0.25) is 0 Å². The second-order valence-electron chi connectivity index (χ2n) is 6.22. The topological polar surface area (TPSA) is 66.6 Å². The summed E-state index contributed by atoms with van der Waals surface area (Å²) in [5.74, 6) is 1.16. The van der Waals surface area contributed by atoms with Crippen molar-refractivity contribution in [1.82, 2.24) is 4.98 Å². The number of ether oxygens (including phenoxy) is 3. The van der Waals surface area contributed by atoms with E-state index in [1.807, 2.05) is 6.07 Å². The van der Waals surface area contributed by atoms with Gasteiger partial charge in [-0.1, -0.05) is 20.8 Å². The third-order valence-electron chi connectivity index (χ3n) is 3.39. The van der Waals surface area contributed by atoms with E-state index in [1.54, 1.807) is 20.4 Å². The molecule has 1 unspecified atom stereocenters. The van der Waals surface area contributed by atoms with Crippen molar-refractivity contribution in [2.45, 2.75) is 39.7 Å². The summed E-state index contributed by atoms with van der Waals surface area (Å²) >= 11 is 0. The van der Waals surface area contributed by atoms with Gasteiger partial charge in [0.15, 0.2) is 5.75 Å². The fraction of sp³-hybridized carbons (Fsp3) is 0.688. The normalized spacial score (nSPS) is 13.0. The molecule has 2 N–H and O–H groups in total. The summed E-state index contributed by atoms with van der Waals surface area (Å²) in [6.07, 6.45) is 3.38. The molecule has 0 bridgehead atoms. The number of rotatable bonds is 8. The summed E-state index contributed by atoms with van der Waals surface area (Å²) in [5.41, 5.74) is 7.34. The lowest BCUT2D eigenvalue weighted by atomic mass is 9.84. The SMILES string of the molecule is COCCCOc1cc(CC(N)C(C)(C)C)cnc1OC. The van der Waals surface area contributed by atoms with Crippen LogP contribution in [0.25, 0.3) is 0 Å². The number of methoxy groups -OCH3 is 2. The molecule has 0 saturated heterocycles. The molecule has 0 aliphatic carbocycles. The minimum absolute atomic E-state index is 0.0550. The average molecular weight is 296 g/mol. The Morgan fingerprint density at radius 2 is 1.95 bits per heavy atom. The lowest BCUT2D eigenvalue weighted by molar-refractivity contribution is 0.170. The molecule has 0 radical (unpaired) electrons. The van der Waals surface area contributed by atoms with Crippen LogP contribution in [0.4, 0.5) is 0 Å². The van der Waals surface area contributed by atoms with E-state index < -0.39 is 0 Å². The van der Waals surface area contributed by atoms with Crippen LogP contribution in [0.5, 0.6) is 11.6 Å². The fourth-order valence-corrected chi connectivity index (χ4v) is 1.79. The molecular formula is C16H28N2O3. The summed E-state index contributed by atoms with van der Waals surface area (Å²) in [6, 6.07) is 2.03. The molecule has 1 rings (SSSR count). The highest BCUT2D eigenvalue weighted by Crippen LogP contribution is 2.27. The lowest BCUT2D eigenvalue weighted by Crippen LogP contribution is -2.36. The first-order valence-corrected chi connectivity index (χ1v) is 7.28. The van der Waals surface area contributed by atoms with Gasteiger partial charge in [0, 0.05) is 32.4 Å². The number of pyridine rings is 1. The molecule has 1 aromatic rings. The van der Waals surface area contributed by atoms with Crippen LogP contribution in [0.15, 0.2) is 12.3 Å². The van der Waals surface area contributed by atoms with Gasteiger partial charge in [0.05, 0.1) is 13.7 Å². The zero-order chi connectivity index (χ0) is 15.9. The van der Waals surface area contributed by atoms with E-state index in [0.29, 0.717) is 24.8 Å². The first-order valence-electron chi connectivity index (χ1n) is 7.28. The van der Waals surface area contributed by atoms with E-state index in [-0.39, 0.29) is 11.5 Å². The maximum absolute atomic E-state index is 6.23. The highest BCUT2D eigenvalue weighted by Gasteiger charge is 2.21. The number of hydrogen-bond acceptors (Lipinski definition) is 5. The van der Waals surface area contributed by atoms with Crippen LogP contribution in [0.3, 0.4) is 0 Å². The largest absolute Gasteiger partial charge is 0.488 e. The Balaban J connectivity index is 2.74. The van der Waals surface area contributed by atoms with Crippen LogP contribution in [-0.4, -0.2) is 38.5 Å². The predicted octanol–water partition coefficient (Wildman–Crippen LogP) is 2.42. The Kier molecular flexibility index (Phi) is 6.92. The Morgan fingerprint density at radius 1 is 1.24 bits per heavy atom. The predicted molar refractivity (Wildman–Crippen MR) is 83.9 cm³/mol. The molecule has 0 spiro atoms. The number of nitrogens with zero attached hydrogens (tertiary/aromatic N) is 1. The zero-order valence-electron chi connectivity index (χ0n) is 13.8. The van der Waals surface area contributed by atoms with Gasteiger partial charge in [-0.2, -0.15) is 0 Å². The third kappa shape index (κ3) is 5.89. The number of hydrogen-bond donors (Lipinski definition) is 1. The molecule has 5 heteroatoms. The minimum atomic E-state index is 0.0550. The van der Waals surface area contributed by atoms with Crippen molar-refractivity contribution in [3.05, 3.63) is 17.8 Å². The molecule has 5 nitrogen and oxygen atoms in total. The summed E-state index contributed by atoms with van der Waals surface area (Å²) < 4.78 is 16.0. The van der Waals surface area contributed by atoms with E-state index in [4.69, 9.17) is 19.9 Å². The molecular weight excluding hydrogens is 268 g/mol. The van der Waals surface area contributed by atoms with E-state index in [1.165, 1.54) is 0 Å². The van der Waals surface area contributed by atoms with Crippen molar-refractivity contribution in [1.29, 1.82) is 0 Å². The van der Waals surface area contributed by atoms with Crippen LogP contribution < -0.4 is 15.2 Å². The number of nitrogens with two attached hydrogens (primary N) is 1. The van der Waals surface area contributed by atoms with Crippen molar-refractivity contribution in [2.75, 3.05) is 27.4 Å². The zero-order valence-corrected chi connectivity index (χ0v) is 13.8. The summed E-state index contributed by atoms with van der Waals surface area (Å²) in [7, 11) is 3.27. The van der Waals surface area contributed by atoms with Crippen LogP contribution in [0.1, 0.15) is 32.8 Å². The summed E-state index contributed by atoms with van der Waals surface area (Å²) in [5, 5.41) is 0. The van der Waals surface area contributed by atoms with Crippen LogP contribution in [-0.2, 0) is 11.2 Å². The average Bonchev–Trinajstić information content (AvgIpc) is 2.43. The Morgan fingerprint density at radius 3 is 2.52 bits per heavy atom. The summed E-state index contributed by atoms with van der Waals surface area (Å²) in [6.45, 7) is 7.65. The van der Waals surface area contributed by atoms with Crippen molar-refractivity contribution < 1.29 is 14.2 Å². The smallest absolute Gasteiger partial charge is 0.256 e. The standard InChI is InChI=1S/C16H28N2O3/c1-16(2,3)14(17)10-12-9-13(15(20-5)18-11-12)21-8-6-7-19-4/h9,11,14H,6-8,10,17H2,1-5H3. The van der Waals surface area contributed by atoms with Crippen LogP contribution >= 0.6 is 0 Å². The van der Waals surface area contributed by atoms with E-state index >= 15 is 0 Å². The monoisotopic (exact) mass is 296 g/mol. The van der Waals surface area contributed by atoms with Gasteiger partial charge in [0.1, 0.15) is 0 Å². The first-order chi connectivity index (χ1) is 9.88. The molecule has 21 heavy (non-hydrogen) atoms. The minimum Gasteiger partial charge on any atom is -0.488 e. The Labute approximate surface area is 127 Å². The highest BCUT2D eigenvalue weighted by atomic mass is 16.5. The van der Waals surface area contributed by atoms with Gasteiger partial charge in [0.25, 0.3) is 5.88 Å². The summed E-state index contributed by atoms with van der Waals surface area (Å²) in [4.78, 5) is 4.30. The van der Waals surface area contributed by atoms with E-state index in [2.05, 4.69) is 25.8 Å². The molecule has 0 saturated carbocycles. The molecule has 0 fully saturated rings. The van der Waals surface area contributed by atoms with Crippen molar-refractivity contribution in [2.24, 2.45) is 11.1 Å². The van der Waals surface area contributed by atoms with Crippen molar-refractivity contribution in [3.63, 3.8) is 0 Å². The molecule has 0 aromatic carbocycles. The highest BCUT2D eigenvalue weighted by molar-refractivity contribution is 5.36. The van der Waals surface area contributed by atoms with Gasteiger partial charge in [-0.15, -0.1) is 0 Å². The molecule has 0 aliphatic heterocycles. The molecule has 0 amide bonds. The van der Waals surface area contributed by atoms with Crippen LogP contribution in [0.2, 0.25) is 0 Å². The molecule has 0 aliphatic rings.